The number of alkyl halides is 3. The normalized spacial score (nSPS) is 11.7. The Balaban J connectivity index is 2.21. The van der Waals surface area contributed by atoms with Crippen molar-refractivity contribution in [1.82, 2.24) is 4.57 Å². The van der Waals surface area contributed by atoms with Gasteiger partial charge in [0.05, 0.1) is 5.56 Å². The van der Waals surface area contributed by atoms with Crippen molar-refractivity contribution in [2.24, 2.45) is 7.05 Å². The number of rotatable bonds is 3. The number of carbonyl (C=O) groups excluding carboxylic acids is 1. The average Bonchev–Trinajstić information content (AvgIpc) is 2.79. The Kier molecular flexibility index (Phi) is 4.41. The minimum absolute atomic E-state index is 0.170. The lowest BCUT2D eigenvalue weighted by Gasteiger charge is -2.06. The molecule has 23 heavy (non-hydrogen) atoms. The van der Waals surface area contributed by atoms with E-state index in [1.165, 1.54) is 6.08 Å². The van der Waals surface area contributed by atoms with Crippen LogP contribution in [0.5, 0.6) is 0 Å². The monoisotopic (exact) mass is 318 g/mol. The van der Waals surface area contributed by atoms with E-state index >= 15 is 0 Å². The topological polar surface area (TPSA) is 45.8 Å². The van der Waals surface area contributed by atoms with E-state index in [1.807, 2.05) is 13.0 Å². The molecule has 0 atom stereocenters. The molecule has 0 N–H and O–H groups in total. The number of allylic oxidation sites excluding steroid dienone is 1. The second kappa shape index (κ2) is 6.13. The number of benzene rings is 1. The number of nitrogens with zero attached hydrogens (tertiary/aromatic N) is 2. The highest BCUT2D eigenvalue weighted by Crippen LogP contribution is 2.29. The molecule has 118 valence electrons. The summed E-state index contributed by atoms with van der Waals surface area (Å²) >= 11 is 0. The highest BCUT2D eigenvalue weighted by atomic mass is 19.4. The Hall–Kier alpha value is -2.81. The van der Waals surface area contributed by atoms with Gasteiger partial charge in [-0.25, -0.2) is 0 Å². The number of hydrogen-bond acceptors (Lipinski definition) is 2. The molecule has 0 fully saturated rings. The van der Waals surface area contributed by atoms with Crippen molar-refractivity contribution >= 4 is 11.9 Å². The van der Waals surface area contributed by atoms with Crippen LogP contribution in [0.25, 0.3) is 6.08 Å². The zero-order valence-electron chi connectivity index (χ0n) is 12.5. The van der Waals surface area contributed by atoms with E-state index in [0.717, 1.165) is 30.0 Å². The van der Waals surface area contributed by atoms with Crippen LogP contribution in [0.15, 0.2) is 36.4 Å². The molecule has 0 aliphatic heterocycles. The third-order valence-corrected chi connectivity index (χ3v) is 3.60. The molecule has 1 heterocycles. The number of hydrogen-bond donors (Lipinski definition) is 0. The van der Waals surface area contributed by atoms with E-state index in [0.29, 0.717) is 11.3 Å². The van der Waals surface area contributed by atoms with Crippen molar-refractivity contribution in [3.8, 4) is 6.07 Å². The Morgan fingerprint density at radius 1 is 1.26 bits per heavy atom. The number of ketones is 1. The summed E-state index contributed by atoms with van der Waals surface area (Å²) in [5.74, 6) is -0.402. The van der Waals surface area contributed by atoms with Crippen molar-refractivity contribution in [3.63, 3.8) is 0 Å². The third-order valence-electron chi connectivity index (χ3n) is 3.60. The van der Waals surface area contributed by atoms with Gasteiger partial charge in [-0.15, -0.1) is 0 Å². The van der Waals surface area contributed by atoms with Gasteiger partial charge in [0.1, 0.15) is 11.8 Å². The van der Waals surface area contributed by atoms with E-state index in [4.69, 9.17) is 5.26 Å². The van der Waals surface area contributed by atoms with E-state index in [-0.39, 0.29) is 5.56 Å². The van der Waals surface area contributed by atoms with Gasteiger partial charge < -0.3 is 4.57 Å². The van der Waals surface area contributed by atoms with Crippen LogP contribution < -0.4 is 0 Å². The van der Waals surface area contributed by atoms with Gasteiger partial charge in [-0.05, 0) is 42.8 Å². The molecule has 1 aromatic carbocycles. The molecule has 0 saturated heterocycles. The summed E-state index contributed by atoms with van der Waals surface area (Å²) in [6.45, 7) is 1.81. The molecule has 0 amide bonds. The first-order valence-corrected chi connectivity index (χ1v) is 6.70. The van der Waals surface area contributed by atoms with Gasteiger partial charge in [-0.2, -0.15) is 18.4 Å². The summed E-state index contributed by atoms with van der Waals surface area (Å²) < 4.78 is 39.1. The molecule has 0 spiro atoms. The Morgan fingerprint density at radius 2 is 1.87 bits per heavy atom. The maximum absolute atomic E-state index is 12.5. The van der Waals surface area contributed by atoms with Crippen LogP contribution in [0.2, 0.25) is 0 Å². The van der Waals surface area contributed by atoms with Gasteiger partial charge in [0.15, 0.2) is 5.78 Å². The number of nitriles is 1. The van der Waals surface area contributed by atoms with Gasteiger partial charge in [-0.1, -0.05) is 12.1 Å². The molecule has 2 aromatic rings. The fraction of sp³-hybridized carbons (Fsp3) is 0.176. The predicted molar refractivity (Wildman–Crippen MR) is 79.7 cm³/mol. The molecule has 0 radical (unpaired) electrons. The van der Waals surface area contributed by atoms with Crippen molar-refractivity contribution in [2.75, 3.05) is 0 Å². The molecule has 6 heteroatoms. The predicted octanol–water partition coefficient (Wildman–Crippen LogP) is 4.12. The molecule has 2 rings (SSSR count). The summed E-state index contributed by atoms with van der Waals surface area (Å²) in [6, 6.07) is 7.73. The molecule has 1 aromatic heterocycles. The summed E-state index contributed by atoms with van der Waals surface area (Å²) in [5.41, 5.74) is 1.37. The minimum atomic E-state index is -4.42. The van der Waals surface area contributed by atoms with Crippen LogP contribution in [0.3, 0.4) is 0 Å². The van der Waals surface area contributed by atoms with Gasteiger partial charge in [0.2, 0.25) is 0 Å². The largest absolute Gasteiger partial charge is 0.416 e. The lowest BCUT2D eigenvalue weighted by molar-refractivity contribution is -0.137. The Morgan fingerprint density at radius 3 is 2.35 bits per heavy atom. The van der Waals surface area contributed by atoms with Crippen molar-refractivity contribution < 1.29 is 18.0 Å². The fourth-order valence-electron chi connectivity index (χ4n) is 2.08. The van der Waals surface area contributed by atoms with Crippen LogP contribution in [-0.4, -0.2) is 10.4 Å². The van der Waals surface area contributed by atoms with Crippen molar-refractivity contribution in [3.05, 3.63) is 64.5 Å². The fourth-order valence-corrected chi connectivity index (χ4v) is 2.08. The van der Waals surface area contributed by atoms with Crippen LogP contribution in [0, 0.1) is 18.3 Å². The zero-order chi connectivity index (χ0) is 17.2. The first-order chi connectivity index (χ1) is 10.7. The van der Waals surface area contributed by atoms with E-state index < -0.39 is 17.5 Å². The van der Waals surface area contributed by atoms with E-state index in [2.05, 4.69) is 0 Å². The summed E-state index contributed by atoms with van der Waals surface area (Å²) in [7, 11) is 1.74. The SMILES string of the molecule is Cc1c(/C=C/C(=O)c2ccc(C(F)(F)F)cc2)cc(C#N)n1C. The van der Waals surface area contributed by atoms with E-state index in [1.54, 1.807) is 23.8 Å². The van der Waals surface area contributed by atoms with Gasteiger partial charge in [0, 0.05) is 18.3 Å². The molecule has 0 aliphatic rings. The second-order valence-corrected chi connectivity index (χ2v) is 5.01. The van der Waals surface area contributed by atoms with Crippen LogP contribution >= 0.6 is 0 Å². The second-order valence-electron chi connectivity index (χ2n) is 5.01. The van der Waals surface area contributed by atoms with E-state index in [9.17, 15) is 18.0 Å². The lowest BCUT2D eigenvalue weighted by atomic mass is 10.1. The first-order valence-electron chi connectivity index (χ1n) is 6.70. The van der Waals surface area contributed by atoms with Gasteiger partial charge in [0.25, 0.3) is 0 Å². The summed E-state index contributed by atoms with van der Waals surface area (Å²) in [6.07, 6.45) is -1.59. The van der Waals surface area contributed by atoms with Crippen molar-refractivity contribution in [2.45, 2.75) is 13.1 Å². The molecule has 0 aliphatic carbocycles. The first kappa shape index (κ1) is 16.6. The quantitative estimate of drug-likeness (QED) is 0.631. The highest BCUT2D eigenvalue weighted by Gasteiger charge is 2.30. The molecule has 0 saturated carbocycles. The van der Waals surface area contributed by atoms with Crippen LogP contribution in [0.1, 0.15) is 32.9 Å². The van der Waals surface area contributed by atoms with Gasteiger partial charge >= 0.3 is 6.18 Å². The lowest BCUT2D eigenvalue weighted by Crippen LogP contribution is -2.05. The molecule has 3 nitrogen and oxygen atoms in total. The summed E-state index contributed by atoms with van der Waals surface area (Å²) in [4.78, 5) is 12.0. The smallest absolute Gasteiger partial charge is 0.339 e. The Labute approximate surface area is 131 Å². The Bertz CT molecular complexity index is 806. The maximum Gasteiger partial charge on any atom is 0.416 e. The highest BCUT2D eigenvalue weighted by molar-refractivity contribution is 6.06. The standard InChI is InChI=1S/C17H13F3N2O/c1-11-13(9-15(10-21)22(11)2)5-8-16(23)12-3-6-14(7-4-12)17(18,19)20/h3-9H,1-2H3/b8-5+. The minimum Gasteiger partial charge on any atom is -0.339 e. The maximum atomic E-state index is 12.5. The van der Waals surface area contributed by atoms with Crippen LogP contribution in [-0.2, 0) is 13.2 Å². The molecular formula is C17H13F3N2O. The number of carbonyl (C=O) groups is 1. The molecule has 0 unspecified atom stereocenters. The average molecular weight is 318 g/mol. The van der Waals surface area contributed by atoms with Crippen LogP contribution in [0.4, 0.5) is 13.2 Å². The van der Waals surface area contributed by atoms with Gasteiger partial charge in [-0.3, -0.25) is 4.79 Å². The molecular weight excluding hydrogens is 305 g/mol. The van der Waals surface area contributed by atoms with Crippen molar-refractivity contribution in [1.29, 1.82) is 5.26 Å². The summed E-state index contributed by atoms with van der Waals surface area (Å²) in [5, 5.41) is 8.95. The number of halogens is 3. The third kappa shape index (κ3) is 3.51. The molecule has 0 bridgehead atoms. The zero-order valence-corrected chi connectivity index (χ0v) is 12.5. The number of aromatic nitrogens is 1.